The minimum atomic E-state index is -0.294. The molecule has 0 aliphatic heterocycles. The van der Waals surface area contributed by atoms with E-state index in [9.17, 15) is 4.79 Å². The Hall–Kier alpha value is -3.46. The maximum atomic E-state index is 12.0. The zero-order valence-corrected chi connectivity index (χ0v) is 15.7. The number of esters is 1. The number of carbonyl (C=O) groups is 1. The van der Waals surface area contributed by atoms with Crippen molar-refractivity contribution in [1.29, 1.82) is 0 Å². The van der Waals surface area contributed by atoms with Crippen molar-refractivity contribution in [2.75, 3.05) is 6.61 Å². The number of nitrogens with zero attached hydrogens (tertiary/aromatic N) is 1. The molecule has 3 heteroatoms. The van der Waals surface area contributed by atoms with Gasteiger partial charge in [-0.3, -0.25) is 4.98 Å². The van der Waals surface area contributed by atoms with Gasteiger partial charge in [-0.25, -0.2) is 4.79 Å². The van der Waals surface area contributed by atoms with Gasteiger partial charge in [-0.2, -0.15) is 0 Å². The molecule has 0 aliphatic carbocycles. The molecular weight excluding hydrogens is 346 g/mol. The second kappa shape index (κ2) is 8.05. The Morgan fingerprint density at radius 3 is 2.32 bits per heavy atom. The van der Waals surface area contributed by atoms with Crippen LogP contribution in [0.25, 0.3) is 10.9 Å². The Balaban J connectivity index is 1.84. The number of para-hydroxylation sites is 1. The Kier molecular flexibility index (Phi) is 5.16. The summed E-state index contributed by atoms with van der Waals surface area (Å²) in [5.41, 5.74) is 5.00. The smallest absolute Gasteiger partial charge is 0.338 e. The molecule has 138 valence electrons. The first kappa shape index (κ1) is 17.9. The fourth-order valence-corrected chi connectivity index (χ4v) is 3.58. The van der Waals surface area contributed by atoms with E-state index in [1.807, 2.05) is 61.7 Å². The number of aromatic nitrogens is 1. The largest absolute Gasteiger partial charge is 0.462 e. The number of ether oxygens (including phenoxy) is 1. The number of fused-ring (bicyclic) bond motifs is 1. The molecule has 0 amide bonds. The van der Waals surface area contributed by atoms with Gasteiger partial charge in [-0.05, 0) is 41.8 Å². The Labute approximate surface area is 164 Å². The topological polar surface area (TPSA) is 39.2 Å². The molecule has 3 aromatic carbocycles. The molecule has 1 aromatic heterocycles. The van der Waals surface area contributed by atoms with Crippen LogP contribution >= 0.6 is 0 Å². The minimum Gasteiger partial charge on any atom is -0.462 e. The van der Waals surface area contributed by atoms with Crippen LogP contribution in [-0.4, -0.2) is 17.6 Å². The predicted octanol–water partition coefficient (Wildman–Crippen LogP) is 5.59. The summed E-state index contributed by atoms with van der Waals surface area (Å²) in [6, 6.07) is 28.4. The van der Waals surface area contributed by atoms with Gasteiger partial charge in [0, 0.05) is 17.5 Å². The van der Waals surface area contributed by atoms with E-state index in [2.05, 4.69) is 41.4 Å². The van der Waals surface area contributed by atoms with Gasteiger partial charge < -0.3 is 4.74 Å². The normalized spacial score (nSPS) is 11.9. The molecule has 4 aromatic rings. The highest BCUT2D eigenvalue weighted by atomic mass is 16.5. The molecule has 3 nitrogen and oxygen atoms in total. The van der Waals surface area contributed by atoms with Crippen LogP contribution in [0.1, 0.15) is 39.9 Å². The molecule has 0 bridgehead atoms. The highest BCUT2D eigenvalue weighted by Crippen LogP contribution is 2.35. The Morgan fingerprint density at radius 1 is 0.857 bits per heavy atom. The average molecular weight is 367 g/mol. The van der Waals surface area contributed by atoms with Crippen molar-refractivity contribution in [2.45, 2.75) is 12.8 Å². The molecule has 4 rings (SSSR count). The summed E-state index contributed by atoms with van der Waals surface area (Å²) in [7, 11) is 0. The summed E-state index contributed by atoms with van der Waals surface area (Å²) >= 11 is 0. The van der Waals surface area contributed by atoms with Crippen LogP contribution in [0.4, 0.5) is 0 Å². The molecule has 0 spiro atoms. The van der Waals surface area contributed by atoms with E-state index in [0.717, 1.165) is 22.0 Å². The molecule has 1 unspecified atom stereocenters. The molecule has 0 aliphatic rings. The number of pyridine rings is 1. The summed E-state index contributed by atoms with van der Waals surface area (Å²) in [4.78, 5) is 16.7. The van der Waals surface area contributed by atoms with Gasteiger partial charge in [0.05, 0.1) is 17.7 Å². The molecule has 0 fully saturated rings. The molecule has 0 N–H and O–H groups in total. The van der Waals surface area contributed by atoms with Gasteiger partial charge in [-0.1, -0.05) is 66.7 Å². The first-order chi connectivity index (χ1) is 13.8. The van der Waals surface area contributed by atoms with Crippen molar-refractivity contribution in [3.05, 3.63) is 113 Å². The minimum absolute atomic E-state index is 0.0241. The highest BCUT2D eigenvalue weighted by Gasteiger charge is 2.20. The van der Waals surface area contributed by atoms with Crippen molar-refractivity contribution < 1.29 is 9.53 Å². The lowest BCUT2D eigenvalue weighted by molar-refractivity contribution is 0.0526. The van der Waals surface area contributed by atoms with Gasteiger partial charge in [0.1, 0.15) is 0 Å². The van der Waals surface area contributed by atoms with Crippen LogP contribution in [-0.2, 0) is 4.74 Å². The third-order valence-electron chi connectivity index (χ3n) is 4.86. The first-order valence-corrected chi connectivity index (χ1v) is 9.43. The first-order valence-electron chi connectivity index (χ1n) is 9.43. The Bertz CT molecular complexity index is 1080. The zero-order valence-electron chi connectivity index (χ0n) is 15.7. The van der Waals surface area contributed by atoms with E-state index >= 15 is 0 Å². The Morgan fingerprint density at radius 2 is 1.57 bits per heavy atom. The summed E-state index contributed by atoms with van der Waals surface area (Å²) in [5, 5.41) is 1.11. The van der Waals surface area contributed by atoms with E-state index < -0.39 is 0 Å². The van der Waals surface area contributed by atoms with Crippen molar-refractivity contribution in [3.8, 4) is 0 Å². The molecule has 0 radical (unpaired) electrons. The summed E-state index contributed by atoms with van der Waals surface area (Å²) in [6.45, 7) is 2.18. The maximum Gasteiger partial charge on any atom is 0.338 e. The van der Waals surface area contributed by atoms with Crippen LogP contribution in [0.3, 0.4) is 0 Å². The van der Waals surface area contributed by atoms with E-state index in [1.165, 1.54) is 5.56 Å². The van der Waals surface area contributed by atoms with Gasteiger partial charge in [-0.15, -0.1) is 0 Å². The maximum absolute atomic E-state index is 12.0. The monoisotopic (exact) mass is 367 g/mol. The number of hydrogen-bond donors (Lipinski definition) is 0. The fraction of sp³-hybridized carbons (Fsp3) is 0.120. The van der Waals surface area contributed by atoms with E-state index in [-0.39, 0.29) is 11.9 Å². The number of benzene rings is 3. The number of hydrogen-bond acceptors (Lipinski definition) is 3. The third kappa shape index (κ3) is 3.52. The summed E-state index contributed by atoms with van der Waals surface area (Å²) < 4.78 is 5.11. The summed E-state index contributed by atoms with van der Waals surface area (Å²) in [6.07, 6.45) is 1.83. The van der Waals surface area contributed by atoms with Crippen molar-refractivity contribution in [3.63, 3.8) is 0 Å². The third-order valence-corrected chi connectivity index (χ3v) is 4.86. The van der Waals surface area contributed by atoms with E-state index in [0.29, 0.717) is 12.2 Å². The quantitative estimate of drug-likeness (QED) is 0.341. The molecule has 0 saturated heterocycles. The van der Waals surface area contributed by atoms with Crippen molar-refractivity contribution in [1.82, 2.24) is 4.98 Å². The zero-order chi connectivity index (χ0) is 19.3. The SMILES string of the molecule is CCOC(=O)c1ccc(C(c2ccccc2)c2cccc3cccnc23)cc1. The lowest BCUT2D eigenvalue weighted by atomic mass is 9.84. The van der Waals surface area contributed by atoms with E-state index in [4.69, 9.17) is 4.74 Å². The van der Waals surface area contributed by atoms with Crippen LogP contribution in [0, 0.1) is 0 Å². The fourth-order valence-electron chi connectivity index (χ4n) is 3.58. The number of carbonyl (C=O) groups excluding carboxylic acids is 1. The van der Waals surface area contributed by atoms with Gasteiger partial charge in [0.25, 0.3) is 0 Å². The average Bonchev–Trinajstić information content (AvgIpc) is 2.75. The van der Waals surface area contributed by atoms with Crippen LogP contribution < -0.4 is 0 Å². The summed E-state index contributed by atoms with van der Waals surface area (Å²) in [5.74, 6) is -0.270. The van der Waals surface area contributed by atoms with Gasteiger partial charge in [0.2, 0.25) is 0 Å². The second-order valence-corrected chi connectivity index (χ2v) is 6.61. The lowest BCUT2D eigenvalue weighted by Crippen LogP contribution is -2.07. The van der Waals surface area contributed by atoms with Crippen molar-refractivity contribution >= 4 is 16.9 Å². The van der Waals surface area contributed by atoms with E-state index in [1.54, 1.807) is 0 Å². The molecule has 28 heavy (non-hydrogen) atoms. The molecular formula is C25H21NO2. The van der Waals surface area contributed by atoms with Gasteiger partial charge >= 0.3 is 5.97 Å². The lowest BCUT2D eigenvalue weighted by Gasteiger charge is -2.20. The van der Waals surface area contributed by atoms with Gasteiger partial charge in [0.15, 0.2) is 0 Å². The van der Waals surface area contributed by atoms with Crippen LogP contribution in [0.2, 0.25) is 0 Å². The molecule has 1 heterocycles. The standard InChI is InChI=1S/C25H21NO2/c1-2-28-25(27)21-15-13-19(14-16-21)23(18-8-4-3-5-9-18)22-12-6-10-20-11-7-17-26-24(20)22/h3-17,23H,2H2,1H3. The second-order valence-electron chi connectivity index (χ2n) is 6.61. The van der Waals surface area contributed by atoms with Crippen LogP contribution in [0.5, 0.6) is 0 Å². The highest BCUT2D eigenvalue weighted by molar-refractivity contribution is 5.89. The molecule has 1 atom stereocenters. The predicted molar refractivity (Wildman–Crippen MR) is 112 cm³/mol. The molecule has 0 saturated carbocycles. The van der Waals surface area contributed by atoms with Crippen molar-refractivity contribution in [2.24, 2.45) is 0 Å². The van der Waals surface area contributed by atoms with Crippen LogP contribution in [0.15, 0.2) is 91.1 Å². The number of rotatable bonds is 5.